The van der Waals surface area contributed by atoms with Crippen molar-refractivity contribution in [3.8, 4) is 0 Å². The first kappa shape index (κ1) is 15.2. The number of nitrogens with one attached hydrogen (secondary N) is 2. The van der Waals surface area contributed by atoms with Crippen LogP contribution in [0, 0.1) is 5.92 Å². The summed E-state index contributed by atoms with van der Waals surface area (Å²) in [6, 6.07) is 5.01. The van der Waals surface area contributed by atoms with Gasteiger partial charge in [0.15, 0.2) is 0 Å². The molecule has 3 N–H and O–H groups in total. The Hall–Kier alpha value is -1.15. The summed E-state index contributed by atoms with van der Waals surface area (Å²) in [4.78, 5) is 3.86. The molecule has 0 amide bonds. The number of aromatic amines is 1. The molecule has 0 bridgehead atoms. The molecule has 2 aromatic heterocycles. The van der Waals surface area contributed by atoms with Gasteiger partial charge in [-0.1, -0.05) is 19.9 Å². The second-order valence-electron chi connectivity index (χ2n) is 4.88. The normalized spacial score (nSPS) is 13.8. The second kappa shape index (κ2) is 6.09. The molecule has 7 heteroatoms. The standard InChI is InChI=1S/C13H18N2O3S2/c1-9(2)13(12-4-3-5-19-12)15-20(17,18)11-6-10(8-16)14-7-11/h3-7,9,13-16H,8H2,1-2H3. The Bertz CT molecular complexity index is 645. The lowest BCUT2D eigenvalue weighted by molar-refractivity contribution is 0.277. The Morgan fingerprint density at radius 3 is 2.70 bits per heavy atom. The van der Waals surface area contributed by atoms with Crippen LogP contribution in [0.4, 0.5) is 0 Å². The molecule has 2 aromatic rings. The van der Waals surface area contributed by atoms with Crippen molar-refractivity contribution in [2.75, 3.05) is 0 Å². The van der Waals surface area contributed by atoms with Crippen LogP contribution in [-0.2, 0) is 16.6 Å². The van der Waals surface area contributed by atoms with Gasteiger partial charge in [0.1, 0.15) is 0 Å². The maximum Gasteiger partial charge on any atom is 0.242 e. The first-order valence-electron chi connectivity index (χ1n) is 6.28. The predicted octanol–water partition coefficient (Wildman–Crippen LogP) is 2.24. The molecular weight excluding hydrogens is 296 g/mol. The molecule has 0 aliphatic heterocycles. The lowest BCUT2D eigenvalue weighted by Crippen LogP contribution is -2.31. The van der Waals surface area contributed by atoms with Gasteiger partial charge in [0.05, 0.1) is 17.5 Å². The minimum absolute atomic E-state index is 0.139. The van der Waals surface area contributed by atoms with Crippen molar-refractivity contribution in [1.82, 2.24) is 9.71 Å². The van der Waals surface area contributed by atoms with Crippen molar-refractivity contribution in [2.24, 2.45) is 5.92 Å². The molecule has 110 valence electrons. The highest BCUT2D eigenvalue weighted by atomic mass is 32.2. The summed E-state index contributed by atoms with van der Waals surface area (Å²) >= 11 is 1.53. The van der Waals surface area contributed by atoms with Gasteiger partial charge >= 0.3 is 0 Å². The predicted molar refractivity (Wildman–Crippen MR) is 78.9 cm³/mol. The number of aromatic nitrogens is 1. The number of hydrogen-bond acceptors (Lipinski definition) is 4. The fourth-order valence-electron chi connectivity index (χ4n) is 1.89. The van der Waals surface area contributed by atoms with Gasteiger partial charge in [-0.05, 0) is 23.4 Å². The summed E-state index contributed by atoms with van der Waals surface area (Å²) in [5, 5.41) is 10.9. The van der Waals surface area contributed by atoms with Crippen molar-refractivity contribution < 1.29 is 13.5 Å². The molecular formula is C13H18N2O3S2. The highest BCUT2D eigenvalue weighted by Crippen LogP contribution is 2.27. The number of rotatable bonds is 6. The van der Waals surface area contributed by atoms with Gasteiger partial charge in [-0.3, -0.25) is 0 Å². The molecule has 5 nitrogen and oxygen atoms in total. The van der Waals surface area contributed by atoms with Gasteiger partial charge in [-0.25, -0.2) is 13.1 Å². The van der Waals surface area contributed by atoms with Crippen molar-refractivity contribution in [2.45, 2.75) is 31.4 Å². The zero-order chi connectivity index (χ0) is 14.8. The zero-order valence-corrected chi connectivity index (χ0v) is 13.0. The van der Waals surface area contributed by atoms with Crippen molar-refractivity contribution in [3.63, 3.8) is 0 Å². The van der Waals surface area contributed by atoms with Crippen LogP contribution in [0.3, 0.4) is 0 Å². The van der Waals surface area contributed by atoms with E-state index in [0.29, 0.717) is 5.69 Å². The van der Waals surface area contributed by atoms with Crippen molar-refractivity contribution in [1.29, 1.82) is 0 Å². The van der Waals surface area contributed by atoms with Crippen molar-refractivity contribution in [3.05, 3.63) is 40.3 Å². The van der Waals surface area contributed by atoms with Crippen molar-refractivity contribution >= 4 is 21.4 Å². The summed E-state index contributed by atoms with van der Waals surface area (Å²) in [5.41, 5.74) is 0.475. The molecule has 0 aliphatic carbocycles. The van der Waals surface area contributed by atoms with Crippen LogP contribution < -0.4 is 4.72 Å². The molecule has 20 heavy (non-hydrogen) atoms. The molecule has 0 radical (unpaired) electrons. The molecule has 0 fully saturated rings. The molecule has 0 aliphatic rings. The van der Waals surface area contributed by atoms with Gasteiger partial charge in [0.25, 0.3) is 0 Å². The number of H-pyrrole nitrogens is 1. The summed E-state index contributed by atoms with van der Waals surface area (Å²) in [7, 11) is -3.61. The van der Waals surface area contributed by atoms with Gasteiger partial charge in [-0.15, -0.1) is 11.3 Å². The SMILES string of the molecule is CC(C)C(NS(=O)(=O)c1c[nH]c(CO)c1)c1cccs1. The highest BCUT2D eigenvalue weighted by molar-refractivity contribution is 7.89. The molecule has 1 atom stereocenters. The van der Waals surface area contributed by atoms with E-state index in [1.165, 1.54) is 23.6 Å². The van der Waals surface area contributed by atoms with E-state index in [9.17, 15) is 8.42 Å². The molecule has 1 unspecified atom stereocenters. The Kier molecular flexibility index (Phi) is 4.64. The smallest absolute Gasteiger partial charge is 0.242 e. The average Bonchev–Trinajstić information content (AvgIpc) is 3.06. The average molecular weight is 314 g/mol. The molecule has 2 rings (SSSR count). The number of sulfonamides is 1. The van der Waals surface area contributed by atoms with Crippen LogP contribution in [0.25, 0.3) is 0 Å². The molecule has 2 heterocycles. The monoisotopic (exact) mass is 314 g/mol. The Labute approximate surface area is 122 Å². The van der Waals surface area contributed by atoms with E-state index in [4.69, 9.17) is 5.11 Å². The zero-order valence-electron chi connectivity index (χ0n) is 11.3. The lowest BCUT2D eigenvalue weighted by atomic mass is 10.0. The van der Waals surface area contributed by atoms with Crippen LogP contribution in [-0.4, -0.2) is 18.5 Å². The second-order valence-corrected chi connectivity index (χ2v) is 7.57. The van der Waals surface area contributed by atoms with E-state index in [-0.39, 0.29) is 23.5 Å². The fourth-order valence-corrected chi connectivity index (χ4v) is 4.30. The molecule has 0 spiro atoms. The van der Waals surface area contributed by atoms with E-state index < -0.39 is 10.0 Å². The first-order chi connectivity index (χ1) is 9.44. The van der Waals surface area contributed by atoms with Gasteiger partial charge in [-0.2, -0.15) is 0 Å². The highest BCUT2D eigenvalue weighted by Gasteiger charge is 2.25. The van der Waals surface area contributed by atoms with E-state index in [1.54, 1.807) is 0 Å². The maximum absolute atomic E-state index is 12.4. The van der Waals surface area contributed by atoms with Crippen LogP contribution in [0.1, 0.15) is 30.5 Å². The fraction of sp³-hybridized carbons (Fsp3) is 0.385. The largest absolute Gasteiger partial charge is 0.390 e. The van der Waals surface area contributed by atoms with E-state index in [1.807, 2.05) is 31.4 Å². The third-order valence-corrected chi connectivity index (χ3v) is 5.37. The van der Waals surface area contributed by atoms with E-state index >= 15 is 0 Å². The topological polar surface area (TPSA) is 82.2 Å². The summed E-state index contributed by atoms with van der Waals surface area (Å²) in [6.07, 6.45) is 1.39. The third kappa shape index (κ3) is 3.29. The van der Waals surface area contributed by atoms with Gasteiger partial charge in [0, 0.05) is 16.8 Å². The van der Waals surface area contributed by atoms with Crippen LogP contribution in [0.15, 0.2) is 34.7 Å². The first-order valence-corrected chi connectivity index (χ1v) is 8.64. The van der Waals surface area contributed by atoms with E-state index in [2.05, 4.69) is 9.71 Å². The number of aliphatic hydroxyl groups excluding tert-OH is 1. The minimum Gasteiger partial charge on any atom is -0.390 e. The maximum atomic E-state index is 12.4. The van der Waals surface area contributed by atoms with Gasteiger partial charge < -0.3 is 10.1 Å². The Morgan fingerprint density at radius 1 is 1.45 bits per heavy atom. The number of thiophene rings is 1. The summed E-state index contributed by atoms with van der Waals surface area (Å²) < 4.78 is 27.5. The number of aliphatic hydroxyl groups is 1. The summed E-state index contributed by atoms with van der Waals surface area (Å²) in [6.45, 7) is 3.74. The van der Waals surface area contributed by atoms with Crippen LogP contribution >= 0.6 is 11.3 Å². The minimum atomic E-state index is -3.61. The van der Waals surface area contributed by atoms with E-state index in [0.717, 1.165) is 4.88 Å². The number of hydrogen-bond donors (Lipinski definition) is 3. The van der Waals surface area contributed by atoms with Crippen LogP contribution in [0.5, 0.6) is 0 Å². The third-order valence-electron chi connectivity index (χ3n) is 3.00. The van der Waals surface area contributed by atoms with Crippen LogP contribution in [0.2, 0.25) is 0 Å². The molecule has 0 aromatic carbocycles. The lowest BCUT2D eigenvalue weighted by Gasteiger charge is -2.20. The molecule has 0 saturated carbocycles. The Balaban J connectivity index is 2.25. The summed E-state index contributed by atoms with van der Waals surface area (Å²) in [5.74, 6) is 0.139. The van der Waals surface area contributed by atoms with Gasteiger partial charge in [0.2, 0.25) is 10.0 Å². The Morgan fingerprint density at radius 2 is 2.20 bits per heavy atom. The quantitative estimate of drug-likeness (QED) is 0.765. The molecule has 0 saturated heterocycles.